The summed E-state index contributed by atoms with van der Waals surface area (Å²) in [6, 6.07) is 19.0. The van der Waals surface area contributed by atoms with Gasteiger partial charge in [0.1, 0.15) is 17.8 Å². The number of hydrogen-bond acceptors (Lipinski definition) is 6. The number of rotatable bonds is 8. The molecule has 0 aromatic heterocycles. The molecule has 0 saturated heterocycles. The molecular formula is C34H36F2N4O6. The highest BCUT2D eigenvalue weighted by Gasteiger charge is 2.50. The van der Waals surface area contributed by atoms with Crippen LogP contribution in [0.2, 0.25) is 0 Å². The predicted octanol–water partition coefficient (Wildman–Crippen LogP) is 2.50. The molecule has 242 valence electrons. The van der Waals surface area contributed by atoms with Crippen molar-refractivity contribution in [1.82, 2.24) is 21.3 Å². The van der Waals surface area contributed by atoms with Crippen LogP contribution in [0.25, 0.3) is 0 Å². The largest absolute Gasteiger partial charge is 0.484 e. The van der Waals surface area contributed by atoms with Gasteiger partial charge in [0.25, 0.3) is 11.8 Å². The lowest BCUT2D eigenvalue weighted by atomic mass is 9.96. The Kier molecular flexibility index (Phi) is 11.2. The van der Waals surface area contributed by atoms with Crippen LogP contribution in [0.4, 0.5) is 8.78 Å². The number of carbonyl (C=O) groups excluding carboxylic acids is 5. The molecule has 2 aliphatic heterocycles. The Bertz CT molecular complexity index is 1530. The lowest BCUT2D eigenvalue weighted by Gasteiger charge is -2.28. The van der Waals surface area contributed by atoms with E-state index in [1.165, 1.54) is 24.3 Å². The SMILES string of the molecule is CC(C)C1NC(=O)C(Cc2ccccc2)NC(=O)COc2ccc(cc2)CC(C(=O)C(F)(F)C(=O)NCc2ccccc2)NC1=O. The summed E-state index contributed by atoms with van der Waals surface area (Å²) >= 11 is 0. The fourth-order valence-electron chi connectivity index (χ4n) is 4.88. The van der Waals surface area contributed by atoms with Crippen molar-refractivity contribution in [3.8, 4) is 5.75 Å². The van der Waals surface area contributed by atoms with E-state index >= 15 is 8.78 Å². The highest BCUT2D eigenvalue weighted by atomic mass is 19.3. The number of nitrogens with one attached hydrogen (secondary N) is 4. The molecule has 0 aliphatic carbocycles. The molecular weight excluding hydrogens is 598 g/mol. The first-order valence-electron chi connectivity index (χ1n) is 14.8. The van der Waals surface area contributed by atoms with E-state index in [2.05, 4.69) is 21.3 Å². The zero-order chi connectivity index (χ0) is 33.3. The van der Waals surface area contributed by atoms with E-state index in [1.807, 2.05) is 0 Å². The zero-order valence-corrected chi connectivity index (χ0v) is 25.4. The number of Topliss-reactive ketones (excluding diaryl/α,β-unsaturated/α-hetero) is 1. The molecule has 10 nitrogen and oxygen atoms in total. The molecule has 4 amide bonds. The second kappa shape index (κ2) is 15.2. The highest BCUT2D eigenvalue weighted by molar-refractivity contribution is 6.10. The molecule has 2 heterocycles. The van der Waals surface area contributed by atoms with E-state index in [9.17, 15) is 24.0 Å². The second-order valence-electron chi connectivity index (χ2n) is 11.3. The Balaban J connectivity index is 1.62. The van der Waals surface area contributed by atoms with Crippen LogP contribution in [0.15, 0.2) is 84.9 Å². The maximum atomic E-state index is 15.4. The first kappa shape index (κ1) is 33.8. The van der Waals surface area contributed by atoms with Crippen molar-refractivity contribution in [1.29, 1.82) is 0 Å². The van der Waals surface area contributed by atoms with Gasteiger partial charge in [0, 0.05) is 19.4 Å². The molecule has 5 rings (SSSR count). The maximum absolute atomic E-state index is 15.4. The minimum Gasteiger partial charge on any atom is -0.484 e. The topological polar surface area (TPSA) is 143 Å². The monoisotopic (exact) mass is 634 g/mol. The quantitative estimate of drug-likeness (QED) is 0.222. The number of ketones is 1. The Morgan fingerprint density at radius 2 is 1.46 bits per heavy atom. The first-order chi connectivity index (χ1) is 21.9. The van der Waals surface area contributed by atoms with Gasteiger partial charge in [-0.1, -0.05) is 86.6 Å². The Morgan fingerprint density at radius 1 is 0.848 bits per heavy atom. The fraction of sp³-hybridized carbons (Fsp3) is 0.324. The zero-order valence-electron chi connectivity index (χ0n) is 25.4. The van der Waals surface area contributed by atoms with Crippen LogP contribution in [0.5, 0.6) is 5.75 Å². The lowest BCUT2D eigenvalue weighted by molar-refractivity contribution is -0.160. The third kappa shape index (κ3) is 8.96. The van der Waals surface area contributed by atoms with Gasteiger partial charge >= 0.3 is 5.92 Å². The van der Waals surface area contributed by atoms with Crippen molar-refractivity contribution in [2.75, 3.05) is 6.61 Å². The molecule has 3 aromatic carbocycles. The van der Waals surface area contributed by atoms with E-state index in [4.69, 9.17) is 4.74 Å². The van der Waals surface area contributed by atoms with E-state index in [-0.39, 0.29) is 25.1 Å². The normalized spacial score (nSPS) is 19.4. The molecule has 3 aromatic rings. The molecule has 2 aliphatic rings. The highest BCUT2D eigenvalue weighted by Crippen LogP contribution is 2.22. The maximum Gasteiger partial charge on any atom is 0.383 e. The number of alkyl halides is 2. The number of carbonyl (C=O) groups is 5. The molecule has 0 saturated carbocycles. The average molecular weight is 635 g/mol. The van der Waals surface area contributed by atoms with Crippen molar-refractivity contribution < 1.29 is 37.5 Å². The van der Waals surface area contributed by atoms with Crippen LogP contribution >= 0.6 is 0 Å². The van der Waals surface area contributed by atoms with E-state index in [1.54, 1.807) is 74.5 Å². The van der Waals surface area contributed by atoms with Crippen LogP contribution in [0, 0.1) is 5.92 Å². The smallest absolute Gasteiger partial charge is 0.383 e. The molecule has 46 heavy (non-hydrogen) atoms. The molecule has 0 radical (unpaired) electrons. The first-order valence-corrected chi connectivity index (χ1v) is 14.8. The van der Waals surface area contributed by atoms with Crippen LogP contribution in [-0.2, 0) is 43.4 Å². The van der Waals surface area contributed by atoms with Gasteiger partial charge in [-0.3, -0.25) is 24.0 Å². The summed E-state index contributed by atoms with van der Waals surface area (Å²) in [5, 5.41) is 9.70. The van der Waals surface area contributed by atoms with Crippen LogP contribution < -0.4 is 26.0 Å². The van der Waals surface area contributed by atoms with Crippen molar-refractivity contribution in [2.45, 2.75) is 57.3 Å². The fourth-order valence-corrected chi connectivity index (χ4v) is 4.88. The lowest BCUT2D eigenvalue weighted by Crippen LogP contribution is -2.60. The standard InChI is InChI=1S/C34H36F2N4O6/c1-21(2)29-32(44)39-26(30(42)34(35,36)33(45)37-19-24-11-7-4-8-12-24)17-23-13-15-25(16-14-23)46-20-28(41)38-27(31(43)40-29)18-22-9-5-3-6-10-22/h3-16,21,26-27,29H,17-20H2,1-2H3,(H,37,45)(H,38,41)(H,39,44)(H,40,43). The van der Waals surface area contributed by atoms with Gasteiger partial charge in [-0.25, -0.2) is 0 Å². The van der Waals surface area contributed by atoms with Crippen molar-refractivity contribution in [3.63, 3.8) is 0 Å². The van der Waals surface area contributed by atoms with E-state index < -0.39 is 66.0 Å². The Labute approximate surface area is 265 Å². The Hall–Kier alpha value is -5.13. The van der Waals surface area contributed by atoms with Gasteiger partial charge in [0.2, 0.25) is 17.6 Å². The minimum absolute atomic E-state index is 0.0883. The summed E-state index contributed by atoms with van der Waals surface area (Å²) in [4.78, 5) is 65.7. The molecule has 3 atom stereocenters. The summed E-state index contributed by atoms with van der Waals surface area (Å²) in [6.45, 7) is 2.60. The number of halogens is 2. The Morgan fingerprint density at radius 3 is 2.07 bits per heavy atom. The van der Waals surface area contributed by atoms with Gasteiger partial charge in [-0.05, 0) is 34.7 Å². The average Bonchev–Trinajstić information content (AvgIpc) is 3.04. The van der Waals surface area contributed by atoms with Crippen LogP contribution in [0.1, 0.15) is 30.5 Å². The van der Waals surface area contributed by atoms with Gasteiger partial charge < -0.3 is 26.0 Å². The van der Waals surface area contributed by atoms with Crippen molar-refractivity contribution >= 4 is 29.4 Å². The third-order valence-corrected chi connectivity index (χ3v) is 7.44. The summed E-state index contributed by atoms with van der Waals surface area (Å²) in [6.07, 6.45) is -0.298. The molecule has 0 fully saturated rings. The van der Waals surface area contributed by atoms with Gasteiger partial charge in [-0.2, -0.15) is 8.78 Å². The van der Waals surface area contributed by atoms with Crippen LogP contribution in [-0.4, -0.2) is 60.1 Å². The number of fused-ring (bicyclic) bond motifs is 13. The summed E-state index contributed by atoms with van der Waals surface area (Å²) in [7, 11) is 0. The second-order valence-corrected chi connectivity index (χ2v) is 11.3. The predicted molar refractivity (Wildman–Crippen MR) is 165 cm³/mol. The summed E-state index contributed by atoms with van der Waals surface area (Å²) in [5.41, 5.74) is 1.66. The number of ether oxygens (including phenoxy) is 1. The van der Waals surface area contributed by atoms with E-state index in [0.29, 0.717) is 11.1 Å². The van der Waals surface area contributed by atoms with Gasteiger partial charge in [0.05, 0.1) is 6.04 Å². The molecule has 4 N–H and O–H groups in total. The van der Waals surface area contributed by atoms with Crippen LogP contribution in [0.3, 0.4) is 0 Å². The summed E-state index contributed by atoms with van der Waals surface area (Å²) < 4.78 is 36.3. The molecule has 3 unspecified atom stereocenters. The number of amides is 4. The molecule has 2 bridgehead atoms. The molecule has 0 spiro atoms. The minimum atomic E-state index is -4.49. The van der Waals surface area contributed by atoms with E-state index in [0.717, 1.165) is 5.56 Å². The number of benzene rings is 3. The third-order valence-electron chi connectivity index (χ3n) is 7.44. The summed E-state index contributed by atoms with van der Waals surface area (Å²) in [5.74, 6) is -10.6. The molecule has 12 heteroatoms. The van der Waals surface area contributed by atoms with Gasteiger partial charge in [-0.15, -0.1) is 0 Å². The van der Waals surface area contributed by atoms with Crippen molar-refractivity contribution in [3.05, 3.63) is 102 Å². The number of hydrogen-bond donors (Lipinski definition) is 4. The van der Waals surface area contributed by atoms with Gasteiger partial charge in [0.15, 0.2) is 6.61 Å². The van der Waals surface area contributed by atoms with Crippen molar-refractivity contribution in [2.24, 2.45) is 5.92 Å².